The molecule has 2 saturated heterocycles. The number of aryl methyl sites for hydroxylation is 2. The molecule has 1 aromatic rings. The molecule has 0 atom stereocenters. The van der Waals surface area contributed by atoms with Crippen molar-refractivity contribution >= 4 is 10.0 Å². The van der Waals surface area contributed by atoms with Crippen LogP contribution < -0.4 is 4.74 Å². The van der Waals surface area contributed by atoms with Crippen LogP contribution in [0.1, 0.15) is 24.0 Å². The zero-order chi connectivity index (χ0) is 18.7. The SMILES string of the molecule is COc1cc(C)c(S(=O)(=O)N2CCC(CN3CCOCC3)CC2)c(C)c1. The van der Waals surface area contributed by atoms with Crippen molar-refractivity contribution < 1.29 is 17.9 Å². The molecule has 0 N–H and O–H groups in total. The van der Waals surface area contributed by atoms with Crippen LogP contribution in [0, 0.1) is 19.8 Å². The van der Waals surface area contributed by atoms with Gasteiger partial charge in [-0.3, -0.25) is 4.90 Å². The van der Waals surface area contributed by atoms with Crippen LogP contribution >= 0.6 is 0 Å². The molecule has 0 amide bonds. The first-order chi connectivity index (χ1) is 12.4. The number of rotatable bonds is 5. The Morgan fingerprint density at radius 1 is 1.08 bits per heavy atom. The quantitative estimate of drug-likeness (QED) is 0.780. The number of sulfonamides is 1. The summed E-state index contributed by atoms with van der Waals surface area (Å²) in [6, 6.07) is 3.59. The Bertz CT molecular complexity index is 698. The van der Waals surface area contributed by atoms with Gasteiger partial charge in [0.1, 0.15) is 5.75 Å². The first-order valence-electron chi connectivity index (χ1n) is 9.37. The molecule has 7 heteroatoms. The van der Waals surface area contributed by atoms with Crippen LogP contribution in [0.5, 0.6) is 5.75 Å². The number of benzene rings is 1. The third-order valence-corrected chi connectivity index (χ3v) is 7.67. The van der Waals surface area contributed by atoms with Gasteiger partial charge in [-0.05, 0) is 55.9 Å². The summed E-state index contributed by atoms with van der Waals surface area (Å²) < 4.78 is 38.7. The molecule has 6 nitrogen and oxygen atoms in total. The van der Waals surface area contributed by atoms with E-state index in [0.717, 1.165) is 56.8 Å². The van der Waals surface area contributed by atoms with E-state index < -0.39 is 10.0 Å². The van der Waals surface area contributed by atoms with Gasteiger partial charge in [0, 0.05) is 32.7 Å². The van der Waals surface area contributed by atoms with Crippen LogP contribution in [0.15, 0.2) is 17.0 Å². The molecule has 0 spiro atoms. The second-order valence-corrected chi connectivity index (χ2v) is 9.23. The van der Waals surface area contributed by atoms with E-state index in [9.17, 15) is 8.42 Å². The smallest absolute Gasteiger partial charge is 0.243 e. The molecular weight excluding hydrogens is 352 g/mol. The van der Waals surface area contributed by atoms with E-state index in [1.165, 1.54) is 0 Å². The first kappa shape index (κ1) is 19.6. The van der Waals surface area contributed by atoms with Gasteiger partial charge in [0.05, 0.1) is 25.2 Å². The van der Waals surface area contributed by atoms with E-state index in [1.54, 1.807) is 23.5 Å². The first-order valence-corrected chi connectivity index (χ1v) is 10.8. The number of hydrogen-bond acceptors (Lipinski definition) is 5. The highest BCUT2D eigenvalue weighted by Gasteiger charge is 2.32. The van der Waals surface area contributed by atoms with Gasteiger partial charge in [0.15, 0.2) is 0 Å². The Morgan fingerprint density at radius 2 is 1.65 bits per heavy atom. The summed E-state index contributed by atoms with van der Waals surface area (Å²) in [6.07, 6.45) is 1.84. The summed E-state index contributed by atoms with van der Waals surface area (Å²) in [4.78, 5) is 2.88. The van der Waals surface area contributed by atoms with E-state index in [4.69, 9.17) is 9.47 Å². The molecule has 2 aliphatic heterocycles. The van der Waals surface area contributed by atoms with Gasteiger partial charge in [-0.2, -0.15) is 4.31 Å². The topological polar surface area (TPSA) is 59.1 Å². The number of nitrogens with zero attached hydrogens (tertiary/aromatic N) is 2. The maximum atomic E-state index is 13.2. The normalized spacial score (nSPS) is 21.0. The van der Waals surface area contributed by atoms with Crippen LogP contribution in [0.2, 0.25) is 0 Å². The van der Waals surface area contributed by atoms with Crippen LogP contribution in [-0.4, -0.2) is 70.7 Å². The lowest BCUT2D eigenvalue weighted by Crippen LogP contribution is -2.44. The Kier molecular flexibility index (Phi) is 6.22. The number of morpholine rings is 1. The molecule has 3 rings (SSSR count). The van der Waals surface area contributed by atoms with Gasteiger partial charge >= 0.3 is 0 Å². The van der Waals surface area contributed by atoms with Gasteiger partial charge < -0.3 is 9.47 Å². The van der Waals surface area contributed by atoms with Crippen LogP contribution in [0.25, 0.3) is 0 Å². The molecule has 2 aliphatic rings. The highest BCUT2D eigenvalue weighted by Crippen LogP contribution is 2.30. The summed E-state index contributed by atoms with van der Waals surface area (Å²) in [5, 5.41) is 0. The van der Waals surface area contributed by atoms with Gasteiger partial charge in [-0.25, -0.2) is 8.42 Å². The predicted molar refractivity (Wildman–Crippen MR) is 101 cm³/mol. The highest BCUT2D eigenvalue weighted by atomic mass is 32.2. The van der Waals surface area contributed by atoms with E-state index in [-0.39, 0.29) is 0 Å². The zero-order valence-corrected chi connectivity index (χ0v) is 16.8. The molecular formula is C19H30N2O4S. The molecule has 0 saturated carbocycles. The van der Waals surface area contributed by atoms with E-state index in [2.05, 4.69) is 4.90 Å². The van der Waals surface area contributed by atoms with Crippen molar-refractivity contribution in [3.05, 3.63) is 23.3 Å². The molecule has 0 aromatic heterocycles. The molecule has 146 valence electrons. The maximum absolute atomic E-state index is 13.2. The third kappa shape index (κ3) is 4.22. The van der Waals surface area contributed by atoms with Crippen LogP contribution in [-0.2, 0) is 14.8 Å². The minimum Gasteiger partial charge on any atom is -0.497 e. The fourth-order valence-corrected chi connectivity index (χ4v) is 5.93. The lowest BCUT2D eigenvalue weighted by Gasteiger charge is -2.35. The van der Waals surface area contributed by atoms with Crippen LogP contribution in [0.4, 0.5) is 0 Å². The van der Waals surface area contributed by atoms with E-state index in [0.29, 0.717) is 29.7 Å². The Hall–Kier alpha value is -1.15. The lowest BCUT2D eigenvalue weighted by atomic mass is 9.97. The molecule has 0 bridgehead atoms. The number of hydrogen-bond donors (Lipinski definition) is 0. The van der Waals surface area contributed by atoms with Crippen molar-refractivity contribution in [2.24, 2.45) is 5.92 Å². The second kappa shape index (κ2) is 8.25. The Balaban J connectivity index is 1.66. The predicted octanol–water partition coefficient (Wildman–Crippen LogP) is 2.04. The average Bonchev–Trinajstić information content (AvgIpc) is 2.62. The molecule has 0 aliphatic carbocycles. The summed E-state index contributed by atoms with van der Waals surface area (Å²) in [5.41, 5.74) is 1.49. The summed E-state index contributed by atoms with van der Waals surface area (Å²) in [6.45, 7) is 9.53. The fraction of sp³-hybridized carbons (Fsp3) is 0.684. The molecule has 0 unspecified atom stereocenters. The Labute approximate surface area is 157 Å². The lowest BCUT2D eigenvalue weighted by molar-refractivity contribution is 0.0269. The van der Waals surface area contributed by atoms with Gasteiger partial charge in [-0.15, -0.1) is 0 Å². The van der Waals surface area contributed by atoms with Gasteiger partial charge in [-0.1, -0.05) is 0 Å². The van der Waals surface area contributed by atoms with E-state index in [1.807, 2.05) is 13.8 Å². The molecule has 0 radical (unpaired) electrons. The third-order valence-electron chi connectivity index (χ3n) is 5.46. The molecule has 26 heavy (non-hydrogen) atoms. The van der Waals surface area contributed by atoms with Crippen molar-refractivity contribution in [2.45, 2.75) is 31.6 Å². The Morgan fingerprint density at radius 3 is 2.19 bits per heavy atom. The molecule has 2 fully saturated rings. The van der Waals surface area contributed by atoms with Crippen molar-refractivity contribution in [3.8, 4) is 5.75 Å². The summed E-state index contributed by atoms with van der Waals surface area (Å²) >= 11 is 0. The average molecular weight is 383 g/mol. The van der Waals surface area contributed by atoms with Crippen molar-refractivity contribution in [1.82, 2.24) is 9.21 Å². The van der Waals surface area contributed by atoms with Crippen molar-refractivity contribution in [2.75, 3.05) is 53.0 Å². The molecule has 2 heterocycles. The maximum Gasteiger partial charge on any atom is 0.243 e. The largest absolute Gasteiger partial charge is 0.497 e. The van der Waals surface area contributed by atoms with Crippen LogP contribution in [0.3, 0.4) is 0 Å². The minimum atomic E-state index is -3.46. The standard InChI is InChI=1S/C19H30N2O4S/c1-15-12-18(24-3)13-16(2)19(15)26(22,23)21-6-4-17(5-7-21)14-20-8-10-25-11-9-20/h12-13,17H,4-11,14H2,1-3H3. The fourth-order valence-electron chi connectivity index (χ4n) is 4.05. The van der Waals surface area contributed by atoms with Gasteiger partial charge in [0.25, 0.3) is 0 Å². The molecule has 1 aromatic carbocycles. The zero-order valence-electron chi connectivity index (χ0n) is 16.0. The van der Waals surface area contributed by atoms with Crippen molar-refractivity contribution in [3.63, 3.8) is 0 Å². The number of methoxy groups -OCH3 is 1. The second-order valence-electron chi connectivity index (χ2n) is 7.35. The van der Waals surface area contributed by atoms with Gasteiger partial charge in [0.2, 0.25) is 10.0 Å². The number of piperidine rings is 1. The number of ether oxygens (including phenoxy) is 2. The monoisotopic (exact) mass is 382 g/mol. The summed E-state index contributed by atoms with van der Waals surface area (Å²) in [7, 11) is -1.86. The minimum absolute atomic E-state index is 0.435. The van der Waals surface area contributed by atoms with Crippen molar-refractivity contribution in [1.29, 1.82) is 0 Å². The highest BCUT2D eigenvalue weighted by molar-refractivity contribution is 7.89. The van der Waals surface area contributed by atoms with E-state index >= 15 is 0 Å². The summed E-state index contributed by atoms with van der Waals surface area (Å²) in [5.74, 6) is 1.26.